The molecule has 2 aromatic heterocycles. The molecule has 0 aliphatic rings. The molecule has 0 amide bonds. The van der Waals surface area contributed by atoms with Crippen molar-refractivity contribution in [1.29, 1.82) is 0 Å². The zero-order valence-electron chi connectivity index (χ0n) is 15.5. The molecule has 3 rings (SSSR count). The van der Waals surface area contributed by atoms with E-state index in [0.29, 0.717) is 18.1 Å². The second-order valence-corrected chi connectivity index (χ2v) is 7.83. The van der Waals surface area contributed by atoms with Crippen LogP contribution in [0.15, 0.2) is 53.7 Å². The fourth-order valence-electron chi connectivity index (χ4n) is 2.76. The number of benzene rings is 1. The molecule has 0 unspecified atom stereocenters. The van der Waals surface area contributed by atoms with Gasteiger partial charge in [0.05, 0.1) is 29.4 Å². The Balaban J connectivity index is 1.75. The van der Waals surface area contributed by atoms with Crippen molar-refractivity contribution in [3.8, 4) is 17.0 Å². The number of hydrogen-bond donors (Lipinski definition) is 1. The molecule has 142 valence electrons. The SMILES string of the molecule is CCOc1ccc(S(=O)(=O)NCc2cc(-c3ccncc3)n(C)n2)cc1C. The highest BCUT2D eigenvalue weighted by Crippen LogP contribution is 2.22. The third-order valence-electron chi connectivity index (χ3n) is 4.11. The van der Waals surface area contributed by atoms with Gasteiger partial charge in [0.25, 0.3) is 0 Å². The first-order chi connectivity index (χ1) is 12.9. The molecular weight excluding hydrogens is 364 g/mol. The zero-order valence-corrected chi connectivity index (χ0v) is 16.3. The molecule has 0 saturated carbocycles. The Morgan fingerprint density at radius 3 is 2.56 bits per heavy atom. The van der Waals surface area contributed by atoms with Crippen LogP contribution in [0.4, 0.5) is 0 Å². The van der Waals surface area contributed by atoms with Crippen LogP contribution < -0.4 is 9.46 Å². The van der Waals surface area contributed by atoms with E-state index in [2.05, 4.69) is 14.8 Å². The Kier molecular flexibility index (Phi) is 5.57. The van der Waals surface area contributed by atoms with Gasteiger partial charge in [-0.25, -0.2) is 13.1 Å². The molecule has 0 spiro atoms. The minimum Gasteiger partial charge on any atom is -0.494 e. The van der Waals surface area contributed by atoms with Gasteiger partial charge in [-0.3, -0.25) is 9.67 Å². The third-order valence-corrected chi connectivity index (χ3v) is 5.51. The van der Waals surface area contributed by atoms with Crippen LogP contribution in [0, 0.1) is 6.92 Å². The van der Waals surface area contributed by atoms with Gasteiger partial charge in [0.2, 0.25) is 10.0 Å². The first-order valence-corrected chi connectivity index (χ1v) is 10.1. The van der Waals surface area contributed by atoms with Crippen LogP contribution in [-0.4, -0.2) is 29.8 Å². The number of sulfonamides is 1. The van der Waals surface area contributed by atoms with Gasteiger partial charge < -0.3 is 4.74 Å². The first kappa shape index (κ1) is 19.1. The lowest BCUT2D eigenvalue weighted by atomic mass is 10.2. The summed E-state index contributed by atoms with van der Waals surface area (Å²) in [5.74, 6) is 0.683. The zero-order chi connectivity index (χ0) is 19.4. The van der Waals surface area contributed by atoms with Crippen LogP contribution >= 0.6 is 0 Å². The number of nitrogens with zero attached hydrogens (tertiary/aromatic N) is 3. The largest absolute Gasteiger partial charge is 0.494 e. The van der Waals surface area contributed by atoms with Crippen molar-refractivity contribution in [2.75, 3.05) is 6.61 Å². The monoisotopic (exact) mass is 386 g/mol. The average Bonchev–Trinajstić information content (AvgIpc) is 3.03. The molecule has 0 aliphatic carbocycles. The number of rotatable bonds is 7. The van der Waals surface area contributed by atoms with E-state index in [0.717, 1.165) is 16.8 Å². The molecule has 1 N–H and O–H groups in total. The molecule has 8 heteroatoms. The van der Waals surface area contributed by atoms with Crippen molar-refractivity contribution in [3.63, 3.8) is 0 Å². The molecule has 0 fully saturated rings. The van der Waals surface area contributed by atoms with E-state index in [-0.39, 0.29) is 11.4 Å². The fourth-order valence-corrected chi connectivity index (χ4v) is 3.85. The summed E-state index contributed by atoms with van der Waals surface area (Å²) < 4.78 is 35.0. The fraction of sp³-hybridized carbons (Fsp3) is 0.263. The predicted molar refractivity (Wildman–Crippen MR) is 103 cm³/mol. The van der Waals surface area contributed by atoms with Crippen LogP contribution in [0.25, 0.3) is 11.3 Å². The highest BCUT2D eigenvalue weighted by atomic mass is 32.2. The Bertz CT molecular complexity index is 1030. The van der Waals surface area contributed by atoms with Crippen molar-refractivity contribution < 1.29 is 13.2 Å². The van der Waals surface area contributed by atoms with Crippen LogP contribution in [-0.2, 0) is 23.6 Å². The highest BCUT2D eigenvalue weighted by molar-refractivity contribution is 7.89. The van der Waals surface area contributed by atoms with Gasteiger partial charge in [-0.05, 0) is 55.8 Å². The maximum absolute atomic E-state index is 12.6. The lowest BCUT2D eigenvalue weighted by molar-refractivity contribution is 0.337. The molecule has 0 aliphatic heterocycles. The molecule has 0 atom stereocenters. The van der Waals surface area contributed by atoms with E-state index in [1.165, 1.54) is 0 Å². The lowest BCUT2D eigenvalue weighted by Crippen LogP contribution is -2.23. The topological polar surface area (TPSA) is 86.1 Å². The Morgan fingerprint density at radius 2 is 1.89 bits per heavy atom. The second-order valence-electron chi connectivity index (χ2n) is 6.07. The second kappa shape index (κ2) is 7.89. The number of hydrogen-bond acceptors (Lipinski definition) is 5. The number of pyridine rings is 1. The Hall–Kier alpha value is -2.71. The van der Waals surface area contributed by atoms with E-state index in [9.17, 15) is 8.42 Å². The maximum Gasteiger partial charge on any atom is 0.240 e. The summed E-state index contributed by atoms with van der Waals surface area (Å²) in [4.78, 5) is 4.21. The quantitative estimate of drug-likeness (QED) is 0.675. The van der Waals surface area contributed by atoms with Gasteiger partial charge >= 0.3 is 0 Å². The van der Waals surface area contributed by atoms with E-state index in [1.54, 1.807) is 35.3 Å². The van der Waals surface area contributed by atoms with Gasteiger partial charge in [-0.2, -0.15) is 5.10 Å². The average molecular weight is 386 g/mol. The van der Waals surface area contributed by atoms with Crippen molar-refractivity contribution in [3.05, 3.63) is 60.0 Å². The smallest absolute Gasteiger partial charge is 0.240 e. The van der Waals surface area contributed by atoms with Gasteiger partial charge in [0.1, 0.15) is 5.75 Å². The number of aryl methyl sites for hydroxylation is 2. The van der Waals surface area contributed by atoms with Gasteiger partial charge in [-0.1, -0.05) is 0 Å². The molecule has 1 aromatic carbocycles. The third kappa shape index (κ3) is 4.35. The summed E-state index contributed by atoms with van der Waals surface area (Å²) >= 11 is 0. The lowest BCUT2D eigenvalue weighted by Gasteiger charge is -2.10. The van der Waals surface area contributed by atoms with Crippen molar-refractivity contribution in [2.45, 2.75) is 25.3 Å². The molecule has 2 heterocycles. The van der Waals surface area contributed by atoms with E-state index in [1.807, 2.05) is 39.1 Å². The predicted octanol–water partition coefficient (Wildman–Crippen LogP) is 2.67. The molecule has 0 saturated heterocycles. The van der Waals surface area contributed by atoms with E-state index >= 15 is 0 Å². The minimum atomic E-state index is -3.65. The van der Waals surface area contributed by atoms with E-state index < -0.39 is 10.0 Å². The summed E-state index contributed by atoms with van der Waals surface area (Å²) in [5.41, 5.74) is 3.27. The van der Waals surface area contributed by atoms with Crippen LogP contribution in [0.5, 0.6) is 5.75 Å². The maximum atomic E-state index is 12.6. The summed E-state index contributed by atoms with van der Waals surface area (Å²) in [6.45, 7) is 4.35. The summed E-state index contributed by atoms with van der Waals surface area (Å²) in [6.07, 6.45) is 3.41. The molecule has 0 radical (unpaired) electrons. The van der Waals surface area contributed by atoms with Crippen molar-refractivity contribution in [1.82, 2.24) is 19.5 Å². The van der Waals surface area contributed by atoms with Gasteiger partial charge in [-0.15, -0.1) is 0 Å². The van der Waals surface area contributed by atoms with Crippen LogP contribution in [0.2, 0.25) is 0 Å². The molecule has 7 nitrogen and oxygen atoms in total. The molecule has 27 heavy (non-hydrogen) atoms. The normalized spacial score (nSPS) is 11.5. The first-order valence-electron chi connectivity index (χ1n) is 8.57. The summed E-state index contributed by atoms with van der Waals surface area (Å²) in [7, 11) is -1.82. The Morgan fingerprint density at radius 1 is 1.15 bits per heavy atom. The van der Waals surface area contributed by atoms with Crippen molar-refractivity contribution >= 4 is 10.0 Å². The minimum absolute atomic E-state index is 0.105. The highest BCUT2D eigenvalue weighted by Gasteiger charge is 2.17. The van der Waals surface area contributed by atoms with Crippen LogP contribution in [0.1, 0.15) is 18.2 Å². The van der Waals surface area contributed by atoms with Crippen LogP contribution in [0.3, 0.4) is 0 Å². The standard InChI is InChI=1S/C19H22N4O3S/c1-4-26-19-6-5-17(11-14(19)2)27(24,25)21-13-16-12-18(23(3)22-16)15-7-9-20-10-8-15/h5-12,21H,4,13H2,1-3H3. The molecule has 0 bridgehead atoms. The summed E-state index contributed by atoms with van der Waals surface area (Å²) in [5, 5.41) is 4.39. The number of ether oxygens (including phenoxy) is 1. The molecular formula is C19H22N4O3S. The van der Waals surface area contributed by atoms with Crippen molar-refractivity contribution in [2.24, 2.45) is 7.05 Å². The molecule has 3 aromatic rings. The number of aromatic nitrogens is 3. The van der Waals surface area contributed by atoms with Gasteiger partial charge in [0, 0.05) is 25.0 Å². The Labute approximate surface area is 159 Å². The van der Waals surface area contributed by atoms with Gasteiger partial charge in [0.15, 0.2) is 0 Å². The summed E-state index contributed by atoms with van der Waals surface area (Å²) in [6, 6.07) is 10.5. The number of nitrogens with one attached hydrogen (secondary N) is 1. The van der Waals surface area contributed by atoms with E-state index in [4.69, 9.17) is 4.74 Å².